The summed E-state index contributed by atoms with van der Waals surface area (Å²) in [5.74, 6) is -0.963. The zero-order chi connectivity index (χ0) is 23.8. The molecule has 0 atom stereocenters. The first kappa shape index (κ1) is 24.9. The van der Waals surface area contributed by atoms with E-state index in [4.69, 9.17) is 9.47 Å². The van der Waals surface area contributed by atoms with Crippen molar-refractivity contribution in [2.45, 2.75) is 53.1 Å². The van der Waals surface area contributed by atoms with Crippen molar-refractivity contribution < 1.29 is 23.9 Å². The van der Waals surface area contributed by atoms with E-state index < -0.39 is 17.8 Å². The van der Waals surface area contributed by atoms with Crippen LogP contribution in [-0.4, -0.2) is 48.4 Å². The van der Waals surface area contributed by atoms with E-state index in [0.717, 1.165) is 11.1 Å². The minimum Gasteiger partial charge on any atom is -0.493 e. The van der Waals surface area contributed by atoms with E-state index in [1.54, 1.807) is 4.90 Å². The number of benzene rings is 2. The average molecular weight is 441 g/mol. The average Bonchev–Trinajstić information content (AvgIpc) is 2.74. The van der Waals surface area contributed by atoms with Gasteiger partial charge in [-0.05, 0) is 57.4 Å². The Labute approximate surface area is 189 Å². The fourth-order valence-corrected chi connectivity index (χ4v) is 3.62. The molecule has 7 nitrogen and oxygen atoms in total. The predicted octanol–water partition coefficient (Wildman–Crippen LogP) is 3.59. The van der Waals surface area contributed by atoms with Crippen LogP contribution in [0.3, 0.4) is 0 Å². The lowest BCUT2D eigenvalue weighted by atomic mass is 10.00. The van der Waals surface area contributed by atoms with Gasteiger partial charge in [-0.3, -0.25) is 14.4 Å². The largest absolute Gasteiger partial charge is 0.493 e. The maximum absolute atomic E-state index is 12.5. The molecule has 32 heavy (non-hydrogen) atoms. The molecule has 0 fully saturated rings. The van der Waals surface area contributed by atoms with Gasteiger partial charge in [0, 0.05) is 31.1 Å². The van der Waals surface area contributed by atoms with Crippen LogP contribution in [0.15, 0.2) is 42.5 Å². The molecule has 0 bridgehead atoms. The summed E-state index contributed by atoms with van der Waals surface area (Å²) >= 11 is 0. The lowest BCUT2D eigenvalue weighted by molar-refractivity contribution is -0.148. The molecule has 0 unspecified atom stereocenters. The van der Waals surface area contributed by atoms with Gasteiger partial charge in [-0.25, -0.2) is 0 Å². The monoisotopic (exact) mass is 440 g/mol. The number of esters is 1. The van der Waals surface area contributed by atoms with Crippen molar-refractivity contribution in [1.29, 1.82) is 0 Å². The Hall–Kier alpha value is -3.35. The number of nitrogens with one attached hydrogen (secondary N) is 1. The van der Waals surface area contributed by atoms with Crippen LogP contribution in [0.4, 0.5) is 0 Å². The molecule has 0 saturated heterocycles. The first-order chi connectivity index (χ1) is 15.1. The molecule has 0 saturated carbocycles. The zero-order valence-electron chi connectivity index (χ0n) is 19.6. The lowest BCUT2D eigenvalue weighted by Crippen LogP contribution is -2.49. The Balaban J connectivity index is 2.26. The minimum atomic E-state index is -0.660. The molecule has 0 spiro atoms. The van der Waals surface area contributed by atoms with Crippen LogP contribution in [0.2, 0.25) is 0 Å². The standard InChI is InChI=1S/C25H32N2O5/c1-16(2)27(17(3)4)25(30)24(29)26-13-12-20-14-21(19-10-8-7-9-11-19)15-22(31-6)23(20)32-18(5)28/h7-11,14-17H,12-13H2,1-6H3,(H,26,29). The van der Waals surface area contributed by atoms with Crippen molar-refractivity contribution in [2.24, 2.45) is 0 Å². The molecule has 0 aliphatic carbocycles. The van der Waals surface area contributed by atoms with E-state index >= 15 is 0 Å². The van der Waals surface area contributed by atoms with Gasteiger partial charge in [0.05, 0.1) is 7.11 Å². The zero-order valence-corrected chi connectivity index (χ0v) is 19.6. The van der Waals surface area contributed by atoms with E-state index in [-0.39, 0.29) is 18.6 Å². The van der Waals surface area contributed by atoms with E-state index in [1.165, 1.54) is 14.0 Å². The SMILES string of the molecule is COc1cc(-c2ccccc2)cc(CCNC(=O)C(=O)N(C(C)C)C(C)C)c1OC(C)=O. The molecule has 2 aromatic carbocycles. The number of methoxy groups -OCH3 is 1. The van der Waals surface area contributed by atoms with Gasteiger partial charge in [-0.15, -0.1) is 0 Å². The van der Waals surface area contributed by atoms with E-state index in [0.29, 0.717) is 23.5 Å². The molecule has 2 amide bonds. The third-order valence-electron chi connectivity index (χ3n) is 4.93. The molecule has 0 aliphatic heterocycles. The maximum Gasteiger partial charge on any atom is 0.312 e. The first-order valence-corrected chi connectivity index (χ1v) is 10.7. The second-order valence-electron chi connectivity index (χ2n) is 8.03. The van der Waals surface area contributed by atoms with Crippen LogP contribution >= 0.6 is 0 Å². The molecular formula is C25H32N2O5. The highest BCUT2D eigenvalue weighted by Crippen LogP contribution is 2.37. The van der Waals surface area contributed by atoms with Gasteiger partial charge in [0.15, 0.2) is 11.5 Å². The summed E-state index contributed by atoms with van der Waals surface area (Å²) in [6.45, 7) is 9.01. The molecule has 0 aromatic heterocycles. The number of rotatable bonds is 8. The Bertz CT molecular complexity index is 946. The molecule has 0 radical (unpaired) electrons. The van der Waals surface area contributed by atoms with Crippen molar-refractivity contribution in [3.8, 4) is 22.6 Å². The predicted molar refractivity (Wildman–Crippen MR) is 124 cm³/mol. The number of hydrogen-bond donors (Lipinski definition) is 1. The number of nitrogens with zero attached hydrogens (tertiary/aromatic N) is 1. The number of hydrogen-bond acceptors (Lipinski definition) is 5. The molecule has 7 heteroatoms. The van der Waals surface area contributed by atoms with Gasteiger partial charge in [0.25, 0.3) is 0 Å². The van der Waals surface area contributed by atoms with Gasteiger partial charge in [-0.1, -0.05) is 30.3 Å². The maximum atomic E-state index is 12.5. The summed E-state index contributed by atoms with van der Waals surface area (Å²) in [6, 6.07) is 13.3. The van der Waals surface area contributed by atoms with Crippen LogP contribution in [0.5, 0.6) is 11.5 Å². The Morgan fingerprint density at radius 2 is 1.59 bits per heavy atom. The summed E-state index contributed by atoms with van der Waals surface area (Å²) in [4.78, 5) is 38.2. The van der Waals surface area contributed by atoms with Crippen LogP contribution in [0.1, 0.15) is 40.2 Å². The summed E-state index contributed by atoms with van der Waals surface area (Å²) < 4.78 is 10.9. The minimum absolute atomic E-state index is 0.0874. The van der Waals surface area contributed by atoms with Crippen molar-refractivity contribution >= 4 is 17.8 Å². The molecule has 2 rings (SSSR count). The molecular weight excluding hydrogens is 408 g/mol. The van der Waals surface area contributed by atoms with Gasteiger partial charge in [0.2, 0.25) is 0 Å². The number of carbonyl (C=O) groups excluding carboxylic acids is 3. The number of carbonyl (C=O) groups is 3. The second-order valence-corrected chi connectivity index (χ2v) is 8.03. The van der Waals surface area contributed by atoms with Gasteiger partial charge >= 0.3 is 17.8 Å². The van der Waals surface area contributed by atoms with E-state index in [1.807, 2.05) is 70.2 Å². The van der Waals surface area contributed by atoms with Gasteiger partial charge in [0.1, 0.15) is 0 Å². The molecule has 172 valence electrons. The summed E-state index contributed by atoms with van der Waals surface area (Å²) in [7, 11) is 1.51. The summed E-state index contributed by atoms with van der Waals surface area (Å²) in [5, 5.41) is 2.69. The fraction of sp³-hybridized carbons (Fsp3) is 0.400. The van der Waals surface area contributed by atoms with Crippen molar-refractivity contribution in [2.75, 3.05) is 13.7 Å². The fourth-order valence-electron chi connectivity index (χ4n) is 3.62. The molecule has 2 aromatic rings. The summed E-state index contributed by atoms with van der Waals surface area (Å²) in [5.41, 5.74) is 2.56. The van der Waals surface area contributed by atoms with Crippen LogP contribution in [0.25, 0.3) is 11.1 Å². The normalized spacial score (nSPS) is 10.8. The Kier molecular flexibility index (Phi) is 8.81. The number of ether oxygens (including phenoxy) is 2. The van der Waals surface area contributed by atoms with Crippen LogP contribution in [0, 0.1) is 0 Å². The van der Waals surface area contributed by atoms with Gasteiger partial charge in [-0.2, -0.15) is 0 Å². The highest BCUT2D eigenvalue weighted by atomic mass is 16.6. The topological polar surface area (TPSA) is 84.9 Å². The van der Waals surface area contributed by atoms with Crippen LogP contribution in [-0.2, 0) is 20.8 Å². The third-order valence-corrected chi connectivity index (χ3v) is 4.93. The van der Waals surface area contributed by atoms with E-state index in [2.05, 4.69) is 5.32 Å². The number of amides is 2. The first-order valence-electron chi connectivity index (χ1n) is 10.7. The highest BCUT2D eigenvalue weighted by molar-refractivity contribution is 6.35. The van der Waals surface area contributed by atoms with Gasteiger partial charge < -0.3 is 19.7 Å². The van der Waals surface area contributed by atoms with Crippen molar-refractivity contribution in [1.82, 2.24) is 10.2 Å². The van der Waals surface area contributed by atoms with E-state index in [9.17, 15) is 14.4 Å². The van der Waals surface area contributed by atoms with Crippen molar-refractivity contribution in [3.63, 3.8) is 0 Å². The smallest absolute Gasteiger partial charge is 0.312 e. The highest BCUT2D eigenvalue weighted by Gasteiger charge is 2.26. The molecule has 1 N–H and O–H groups in total. The van der Waals surface area contributed by atoms with Crippen LogP contribution < -0.4 is 14.8 Å². The Morgan fingerprint density at radius 1 is 0.969 bits per heavy atom. The molecule has 0 heterocycles. The summed E-state index contributed by atoms with van der Waals surface area (Å²) in [6.07, 6.45) is 0.349. The quantitative estimate of drug-likeness (QED) is 0.385. The molecule has 0 aliphatic rings. The lowest BCUT2D eigenvalue weighted by Gasteiger charge is -2.30. The Morgan fingerprint density at radius 3 is 2.12 bits per heavy atom. The second kappa shape index (κ2) is 11.3. The van der Waals surface area contributed by atoms with Crippen molar-refractivity contribution in [3.05, 3.63) is 48.0 Å². The third kappa shape index (κ3) is 6.33.